The standard InChI is InChI=1S/C13H26BrNO/c1-9(2)10(14)11(16)15-13(6,7)8-12(3,4)5/h9-10H,8H2,1-7H3,(H,15,16). The zero-order chi connectivity index (χ0) is 13.1. The molecule has 2 nitrogen and oxygen atoms in total. The van der Waals surface area contributed by atoms with Crippen molar-refractivity contribution in [3.05, 3.63) is 0 Å². The second-order valence-corrected chi connectivity index (χ2v) is 7.74. The minimum Gasteiger partial charge on any atom is -0.350 e. The normalized spacial score (nSPS) is 15.1. The number of nitrogens with one attached hydrogen (secondary N) is 1. The lowest BCUT2D eigenvalue weighted by Crippen LogP contribution is -2.49. The van der Waals surface area contributed by atoms with Crippen LogP contribution in [0.5, 0.6) is 0 Å². The molecule has 0 heterocycles. The molecule has 0 aromatic rings. The fourth-order valence-corrected chi connectivity index (χ4v) is 2.19. The molecule has 0 spiro atoms. The number of carbonyl (C=O) groups excluding carboxylic acids is 1. The van der Waals surface area contributed by atoms with Gasteiger partial charge < -0.3 is 5.32 Å². The number of alkyl halides is 1. The molecule has 1 N–H and O–H groups in total. The van der Waals surface area contributed by atoms with Crippen molar-refractivity contribution in [3.8, 4) is 0 Å². The zero-order valence-corrected chi connectivity index (χ0v) is 13.2. The number of halogens is 1. The van der Waals surface area contributed by atoms with Crippen molar-refractivity contribution in [2.75, 3.05) is 0 Å². The van der Waals surface area contributed by atoms with Crippen molar-refractivity contribution in [1.82, 2.24) is 5.32 Å². The molecule has 0 saturated heterocycles. The molecule has 1 unspecified atom stereocenters. The summed E-state index contributed by atoms with van der Waals surface area (Å²) in [5.41, 5.74) is 0.0622. The molecular formula is C13H26BrNO. The summed E-state index contributed by atoms with van der Waals surface area (Å²) < 4.78 is 0. The largest absolute Gasteiger partial charge is 0.350 e. The van der Waals surface area contributed by atoms with Crippen molar-refractivity contribution in [2.45, 2.75) is 65.3 Å². The average Bonchev–Trinajstić information content (AvgIpc) is 1.96. The predicted molar refractivity (Wildman–Crippen MR) is 73.8 cm³/mol. The molecule has 0 aromatic carbocycles. The van der Waals surface area contributed by atoms with Crippen LogP contribution in [-0.4, -0.2) is 16.3 Å². The quantitative estimate of drug-likeness (QED) is 0.786. The van der Waals surface area contributed by atoms with Gasteiger partial charge in [-0.15, -0.1) is 0 Å². The van der Waals surface area contributed by atoms with Crippen LogP contribution in [-0.2, 0) is 4.79 Å². The minimum atomic E-state index is -0.157. The highest BCUT2D eigenvalue weighted by Crippen LogP contribution is 2.27. The number of carbonyl (C=O) groups is 1. The lowest BCUT2D eigenvalue weighted by atomic mass is 9.81. The van der Waals surface area contributed by atoms with Crippen molar-refractivity contribution >= 4 is 21.8 Å². The Morgan fingerprint density at radius 3 is 1.94 bits per heavy atom. The van der Waals surface area contributed by atoms with Gasteiger partial charge in [0.05, 0.1) is 4.83 Å². The van der Waals surface area contributed by atoms with Gasteiger partial charge in [0.1, 0.15) is 0 Å². The van der Waals surface area contributed by atoms with Crippen LogP contribution in [0.15, 0.2) is 0 Å². The highest BCUT2D eigenvalue weighted by molar-refractivity contribution is 9.10. The van der Waals surface area contributed by atoms with E-state index >= 15 is 0 Å². The van der Waals surface area contributed by atoms with E-state index in [1.807, 2.05) is 13.8 Å². The van der Waals surface area contributed by atoms with E-state index in [0.29, 0.717) is 5.92 Å². The van der Waals surface area contributed by atoms with E-state index in [0.717, 1.165) is 6.42 Å². The molecule has 0 rings (SSSR count). The Balaban J connectivity index is 4.42. The average molecular weight is 292 g/mol. The molecule has 0 bridgehead atoms. The predicted octanol–water partition coefficient (Wildman–Crippen LogP) is 3.74. The SMILES string of the molecule is CC(C)C(Br)C(=O)NC(C)(C)CC(C)(C)C. The highest BCUT2D eigenvalue weighted by atomic mass is 79.9. The van der Waals surface area contributed by atoms with E-state index in [9.17, 15) is 4.79 Å². The Hall–Kier alpha value is -0.0500. The third-order valence-electron chi connectivity index (χ3n) is 2.27. The second kappa shape index (κ2) is 5.52. The number of rotatable bonds is 4. The monoisotopic (exact) mass is 291 g/mol. The minimum absolute atomic E-state index is 0.0873. The first-order chi connectivity index (χ1) is 6.94. The van der Waals surface area contributed by atoms with Gasteiger partial charge in [0.2, 0.25) is 5.91 Å². The van der Waals surface area contributed by atoms with Crippen molar-refractivity contribution in [3.63, 3.8) is 0 Å². The molecule has 96 valence electrons. The summed E-state index contributed by atoms with van der Waals surface area (Å²) in [6.07, 6.45) is 0.962. The summed E-state index contributed by atoms with van der Waals surface area (Å²) in [4.78, 5) is 11.8. The molecule has 3 heteroatoms. The highest BCUT2D eigenvalue weighted by Gasteiger charge is 2.29. The molecule has 0 aliphatic carbocycles. The number of amides is 1. The van der Waals surface area contributed by atoms with Gasteiger partial charge in [0.15, 0.2) is 0 Å². The molecule has 0 saturated carbocycles. The van der Waals surface area contributed by atoms with Crippen LogP contribution >= 0.6 is 15.9 Å². The van der Waals surface area contributed by atoms with Crippen LogP contribution in [0.1, 0.15) is 54.9 Å². The Kier molecular flexibility index (Phi) is 5.51. The van der Waals surface area contributed by atoms with E-state index < -0.39 is 0 Å². The fraction of sp³-hybridized carbons (Fsp3) is 0.923. The van der Waals surface area contributed by atoms with Crippen LogP contribution in [0.25, 0.3) is 0 Å². The summed E-state index contributed by atoms with van der Waals surface area (Å²) in [6, 6.07) is 0. The lowest BCUT2D eigenvalue weighted by molar-refractivity contribution is -0.122. The second-order valence-electron chi connectivity index (χ2n) is 6.76. The molecule has 1 amide bonds. The van der Waals surface area contributed by atoms with Crippen molar-refractivity contribution in [2.24, 2.45) is 11.3 Å². The first-order valence-electron chi connectivity index (χ1n) is 5.91. The first kappa shape index (κ1) is 16.0. The summed E-state index contributed by atoms with van der Waals surface area (Å²) >= 11 is 3.43. The fourth-order valence-electron chi connectivity index (χ4n) is 2.08. The molecule has 0 radical (unpaired) electrons. The molecule has 0 fully saturated rings. The van der Waals surface area contributed by atoms with Crippen LogP contribution < -0.4 is 5.32 Å². The summed E-state index contributed by atoms with van der Waals surface area (Å²) in [5, 5.41) is 3.11. The van der Waals surface area contributed by atoms with Gasteiger partial charge in [-0.2, -0.15) is 0 Å². The number of hydrogen-bond donors (Lipinski definition) is 1. The van der Waals surface area contributed by atoms with Crippen LogP contribution in [0.3, 0.4) is 0 Å². The van der Waals surface area contributed by atoms with Gasteiger partial charge in [-0.25, -0.2) is 0 Å². The van der Waals surface area contributed by atoms with Crippen molar-refractivity contribution in [1.29, 1.82) is 0 Å². The van der Waals surface area contributed by atoms with Crippen LogP contribution in [0.4, 0.5) is 0 Å². The topological polar surface area (TPSA) is 29.1 Å². The Morgan fingerprint density at radius 2 is 1.62 bits per heavy atom. The van der Waals surface area contributed by atoms with Crippen LogP contribution in [0, 0.1) is 11.3 Å². The van der Waals surface area contributed by atoms with Gasteiger partial charge >= 0.3 is 0 Å². The van der Waals surface area contributed by atoms with E-state index in [1.165, 1.54) is 0 Å². The van der Waals surface area contributed by atoms with E-state index in [2.05, 4.69) is 55.9 Å². The van der Waals surface area contributed by atoms with Crippen molar-refractivity contribution < 1.29 is 4.79 Å². The number of hydrogen-bond acceptors (Lipinski definition) is 1. The van der Waals surface area contributed by atoms with Crippen LogP contribution in [0.2, 0.25) is 0 Å². The lowest BCUT2D eigenvalue weighted by Gasteiger charge is -2.34. The smallest absolute Gasteiger partial charge is 0.234 e. The summed E-state index contributed by atoms with van der Waals surface area (Å²) in [5.74, 6) is 0.398. The molecule has 16 heavy (non-hydrogen) atoms. The summed E-state index contributed by atoms with van der Waals surface area (Å²) in [7, 11) is 0. The van der Waals surface area contributed by atoms with Gasteiger partial charge in [-0.3, -0.25) is 4.79 Å². The molecule has 1 atom stereocenters. The Morgan fingerprint density at radius 1 is 1.19 bits per heavy atom. The molecular weight excluding hydrogens is 266 g/mol. The molecule has 0 aliphatic heterocycles. The molecule has 0 aromatic heterocycles. The van der Waals surface area contributed by atoms with E-state index in [4.69, 9.17) is 0 Å². The van der Waals surface area contributed by atoms with Gasteiger partial charge in [-0.05, 0) is 31.6 Å². The first-order valence-corrected chi connectivity index (χ1v) is 6.82. The molecule has 0 aliphatic rings. The van der Waals surface area contributed by atoms with Gasteiger partial charge in [0, 0.05) is 5.54 Å². The van der Waals surface area contributed by atoms with Gasteiger partial charge in [-0.1, -0.05) is 50.5 Å². The van der Waals surface area contributed by atoms with E-state index in [-0.39, 0.29) is 21.7 Å². The van der Waals surface area contributed by atoms with E-state index in [1.54, 1.807) is 0 Å². The zero-order valence-electron chi connectivity index (χ0n) is 11.6. The maximum absolute atomic E-state index is 11.9. The third-order valence-corrected chi connectivity index (χ3v) is 3.74. The Bertz CT molecular complexity index is 241. The summed E-state index contributed by atoms with van der Waals surface area (Å²) in [6.45, 7) is 14.8. The maximum Gasteiger partial charge on any atom is 0.234 e. The van der Waals surface area contributed by atoms with Gasteiger partial charge in [0.25, 0.3) is 0 Å². The maximum atomic E-state index is 11.9. The third kappa shape index (κ3) is 6.51. The Labute approximate surface area is 109 Å².